The van der Waals surface area contributed by atoms with Crippen LogP contribution in [-0.4, -0.2) is 18.0 Å². The molecule has 1 aromatic rings. The van der Waals surface area contributed by atoms with Crippen LogP contribution in [0.5, 0.6) is 0 Å². The SMILES string of the molecule is Nc1ccc(Cl)c(CN2CC=CC2)c1. The third-order valence-corrected chi connectivity index (χ3v) is 2.73. The lowest BCUT2D eigenvalue weighted by Gasteiger charge is -2.15. The molecular weight excluding hydrogens is 196 g/mol. The first-order chi connectivity index (χ1) is 6.75. The van der Waals surface area contributed by atoms with Gasteiger partial charge in [-0.1, -0.05) is 23.8 Å². The van der Waals surface area contributed by atoms with Crippen molar-refractivity contribution in [3.05, 3.63) is 40.9 Å². The second-order valence-electron chi connectivity index (χ2n) is 3.52. The zero-order valence-electron chi connectivity index (χ0n) is 7.91. The van der Waals surface area contributed by atoms with E-state index in [1.54, 1.807) is 0 Å². The second-order valence-corrected chi connectivity index (χ2v) is 3.92. The van der Waals surface area contributed by atoms with Gasteiger partial charge in [-0.25, -0.2) is 0 Å². The van der Waals surface area contributed by atoms with Gasteiger partial charge in [-0.3, -0.25) is 4.90 Å². The Labute approximate surface area is 89.0 Å². The highest BCUT2D eigenvalue weighted by Gasteiger charge is 2.09. The molecule has 2 rings (SSSR count). The van der Waals surface area contributed by atoms with E-state index in [-0.39, 0.29) is 0 Å². The van der Waals surface area contributed by atoms with Gasteiger partial charge in [-0.15, -0.1) is 0 Å². The number of nitrogens with two attached hydrogens (primary N) is 1. The molecule has 0 saturated carbocycles. The Balaban J connectivity index is 2.11. The summed E-state index contributed by atoms with van der Waals surface area (Å²) in [5.74, 6) is 0. The molecule has 0 radical (unpaired) electrons. The van der Waals surface area contributed by atoms with Crippen molar-refractivity contribution in [2.75, 3.05) is 18.8 Å². The van der Waals surface area contributed by atoms with Crippen molar-refractivity contribution in [3.8, 4) is 0 Å². The van der Waals surface area contributed by atoms with Gasteiger partial charge in [0.1, 0.15) is 0 Å². The first kappa shape index (κ1) is 9.56. The topological polar surface area (TPSA) is 29.3 Å². The summed E-state index contributed by atoms with van der Waals surface area (Å²) < 4.78 is 0. The second kappa shape index (κ2) is 4.03. The molecule has 0 aliphatic carbocycles. The van der Waals surface area contributed by atoms with Gasteiger partial charge in [0.15, 0.2) is 0 Å². The maximum atomic E-state index is 6.07. The van der Waals surface area contributed by atoms with E-state index in [0.717, 1.165) is 35.9 Å². The minimum Gasteiger partial charge on any atom is -0.399 e. The molecule has 74 valence electrons. The fraction of sp³-hybridized carbons (Fsp3) is 0.273. The van der Waals surface area contributed by atoms with Gasteiger partial charge >= 0.3 is 0 Å². The van der Waals surface area contributed by atoms with Crippen LogP contribution >= 0.6 is 11.6 Å². The van der Waals surface area contributed by atoms with Crippen molar-refractivity contribution in [3.63, 3.8) is 0 Å². The van der Waals surface area contributed by atoms with Crippen molar-refractivity contribution in [2.45, 2.75) is 6.54 Å². The highest BCUT2D eigenvalue weighted by atomic mass is 35.5. The summed E-state index contributed by atoms with van der Waals surface area (Å²) in [4.78, 5) is 2.31. The first-order valence-electron chi connectivity index (χ1n) is 4.67. The molecule has 0 saturated heterocycles. The molecule has 0 spiro atoms. The molecule has 1 heterocycles. The monoisotopic (exact) mass is 208 g/mol. The maximum Gasteiger partial charge on any atom is 0.0452 e. The fourth-order valence-corrected chi connectivity index (χ4v) is 1.78. The number of hydrogen-bond acceptors (Lipinski definition) is 2. The van der Waals surface area contributed by atoms with E-state index in [2.05, 4.69) is 17.1 Å². The van der Waals surface area contributed by atoms with Gasteiger partial charge in [-0.2, -0.15) is 0 Å². The van der Waals surface area contributed by atoms with E-state index in [9.17, 15) is 0 Å². The van der Waals surface area contributed by atoms with Crippen molar-refractivity contribution >= 4 is 17.3 Å². The summed E-state index contributed by atoms with van der Waals surface area (Å²) in [7, 11) is 0. The van der Waals surface area contributed by atoms with Crippen LogP contribution in [0.1, 0.15) is 5.56 Å². The van der Waals surface area contributed by atoms with Crippen molar-refractivity contribution in [1.82, 2.24) is 4.90 Å². The molecule has 0 fully saturated rings. The highest BCUT2D eigenvalue weighted by molar-refractivity contribution is 6.31. The third-order valence-electron chi connectivity index (χ3n) is 2.36. The fourth-order valence-electron chi connectivity index (χ4n) is 1.61. The normalized spacial score (nSPS) is 16.4. The number of nitrogen functional groups attached to an aromatic ring is 1. The van der Waals surface area contributed by atoms with E-state index in [1.807, 2.05) is 18.2 Å². The molecule has 1 aromatic carbocycles. The summed E-state index contributed by atoms with van der Waals surface area (Å²) in [5, 5.41) is 0.797. The Morgan fingerprint density at radius 3 is 2.71 bits per heavy atom. The largest absolute Gasteiger partial charge is 0.399 e. The van der Waals surface area contributed by atoms with E-state index in [1.165, 1.54) is 0 Å². The van der Waals surface area contributed by atoms with Crippen molar-refractivity contribution in [1.29, 1.82) is 0 Å². The van der Waals surface area contributed by atoms with Crippen molar-refractivity contribution in [2.24, 2.45) is 0 Å². The number of halogens is 1. The van der Waals surface area contributed by atoms with Crippen LogP contribution in [-0.2, 0) is 6.54 Å². The Morgan fingerprint density at radius 2 is 2.00 bits per heavy atom. The first-order valence-corrected chi connectivity index (χ1v) is 5.05. The van der Waals surface area contributed by atoms with E-state index in [0.29, 0.717) is 0 Å². The Morgan fingerprint density at radius 1 is 1.29 bits per heavy atom. The Bertz CT molecular complexity index is 352. The third kappa shape index (κ3) is 2.08. The zero-order valence-corrected chi connectivity index (χ0v) is 8.67. The van der Waals surface area contributed by atoms with Gasteiger partial charge in [0.2, 0.25) is 0 Å². The lowest BCUT2D eigenvalue weighted by molar-refractivity contribution is 0.345. The molecule has 0 unspecified atom stereocenters. The molecule has 0 bridgehead atoms. The Hall–Kier alpha value is -0.990. The van der Waals surface area contributed by atoms with E-state index in [4.69, 9.17) is 17.3 Å². The van der Waals surface area contributed by atoms with Crippen LogP contribution in [0.2, 0.25) is 5.02 Å². The number of nitrogens with zero attached hydrogens (tertiary/aromatic N) is 1. The number of rotatable bonds is 2. The minimum atomic E-state index is 0.775. The molecule has 0 atom stereocenters. The van der Waals surface area contributed by atoms with Crippen LogP contribution in [0, 0.1) is 0 Å². The van der Waals surface area contributed by atoms with Crippen LogP contribution < -0.4 is 5.73 Å². The average molecular weight is 209 g/mol. The van der Waals surface area contributed by atoms with Crippen LogP contribution in [0.3, 0.4) is 0 Å². The van der Waals surface area contributed by atoms with E-state index >= 15 is 0 Å². The summed E-state index contributed by atoms with van der Waals surface area (Å²) in [6.07, 6.45) is 4.33. The lowest BCUT2D eigenvalue weighted by Crippen LogP contribution is -2.19. The van der Waals surface area contributed by atoms with Gasteiger partial charge in [0, 0.05) is 30.3 Å². The summed E-state index contributed by atoms with van der Waals surface area (Å²) in [6, 6.07) is 5.63. The molecule has 2 nitrogen and oxygen atoms in total. The minimum absolute atomic E-state index is 0.775. The molecule has 14 heavy (non-hydrogen) atoms. The molecule has 2 N–H and O–H groups in total. The smallest absolute Gasteiger partial charge is 0.0452 e. The predicted octanol–water partition coefficient (Wildman–Crippen LogP) is 2.29. The molecule has 0 amide bonds. The number of benzene rings is 1. The predicted molar refractivity (Wildman–Crippen MR) is 60.3 cm³/mol. The molecular formula is C11H13ClN2. The molecule has 1 aliphatic heterocycles. The van der Waals surface area contributed by atoms with Crippen LogP contribution in [0.25, 0.3) is 0 Å². The number of hydrogen-bond donors (Lipinski definition) is 1. The molecule has 3 heteroatoms. The highest BCUT2D eigenvalue weighted by Crippen LogP contribution is 2.21. The lowest BCUT2D eigenvalue weighted by atomic mass is 10.2. The summed E-state index contributed by atoms with van der Waals surface area (Å²) in [6.45, 7) is 2.88. The van der Waals surface area contributed by atoms with Gasteiger partial charge in [0.25, 0.3) is 0 Å². The van der Waals surface area contributed by atoms with Crippen LogP contribution in [0.15, 0.2) is 30.4 Å². The van der Waals surface area contributed by atoms with Gasteiger partial charge in [0.05, 0.1) is 0 Å². The summed E-state index contributed by atoms with van der Waals surface area (Å²) in [5.41, 5.74) is 7.59. The number of anilines is 1. The van der Waals surface area contributed by atoms with Crippen molar-refractivity contribution < 1.29 is 0 Å². The molecule has 1 aliphatic rings. The van der Waals surface area contributed by atoms with E-state index < -0.39 is 0 Å². The molecule has 0 aromatic heterocycles. The average Bonchev–Trinajstić information content (AvgIpc) is 2.64. The quantitative estimate of drug-likeness (QED) is 0.597. The van der Waals surface area contributed by atoms with Gasteiger partial charge < -0.3 is 5.73 Å². The summed E-state index contributed by atoms with van der Waals surface area (Å²) >= 11 is 6.07. The standard InChI is InChI=1S/C11H13ClN2/c12-11-4-3-10(13)7-9(11)8-14-5-1-2-6-14/h1-4,7H,5-6,8,13H2. The Kier molecular flexibility index (Phi) is 2.75. The van der Waals surface area contributed by atoms with Gasteiger partial charge in [-0.05, 0) is 23.8 Å². The zero-order chi connectivity index (χ0) is 9.97. The maximum absolute atomic E-state index is 6.07. The van der Waals surface area contributed by atoms with Crippen LogP contribution in [0.4, 0.5) is 5.69 Å².